The maximum absolute atomic E-state index is 13.7. The lowest BCUT2D eigenvalue weighted by Crippen LogP contribution is -2.48. The van der Waals surface area contributed by atoms with Gasteiger partial charge in [-0.15, -0.1) is 0 Å². The molecule has 0 spiro atoms. The summed E-state index contributed by atoms with van der Waals surface area (Å²) in [5.41, 5.74) is 4.83. The van der Waals surface area contributed by atoms with E-state index in [4.69, 9.17) is 9.90 Å². The van der Waals surface area contributed by atoms with Crippen molar-refractivity contribution < 1.29 is 28.2 Å². The van der Waals surface area contributed by atoms with Crippen LogP contribution in [0.5, 0.6) is 0 Å². The number of anilines is 1. The summed E-state index contributed by atoms with van der Waals surface area (Å²) >= 11 is 0. The number of benzene rings is 3. The van der Waals surface area contributed by atoms with Crippen molar-refractivity contribution in [1.29, 1.82) is 0 Å². The Morgan fingerprint density at radius 2 is 1.67 bits per heavy atom. The molecule has 4 aromatic rings. The molecule has 11 heteroatoms. The number of amides is 1. The third kappa shape index (κ3) is 7.61. The molecule has 228 valence electrons. The third-order valence-electron chi connectivity index (χ3n) is 7.63. The fourth-order valence-electron chi connectivity index (χ4n) is 5.32. The summed E-state index contributed by atoms with van der Waals surface area (Å²) in [6.45, 7) is 3.05. The molecule has 5 rings (SSSR count). The Balaban J connectivity index is 0.00000135. The van der Waals surface area contributed by atoms with Gasteiger partial charge in [-0.3, -0.25) is 13.9 Å². The second kappa shape index (κ2) is 14.3. The van der Waals surface area contributed by atoms with Gasteiger partial charge in [0, 0.05) is 43.8 Å². The zero-order valence-corrected chi connectivity index (χ0v) is 25.1. The summed E-state index contributed by atoms with van der Waals surface area (Å²) in [5, 5.41) is 25.3. The molecule has 0 bridgehead atoms. The predicted molar refractivity (Wildman–Crippen MR) is 168 cm³/mol. The van der Waals surface area contributed by atoms with E-state index in [0.29, 0.717) is 37.3 Å². The van der Waals surface area contributed by atoms with Gasteiger partial charge in [-0.25, -0.2) is 8.42 Å². The minimum Gasteiger partial charge on any atom is -0.483 e. The van der Waals surface area contributed by atoms with Crippen LogP contribution in [0.1, 0.15) is 34.0 Å². The smallest absolute Gasteiger partial charge is 0.290 e. The molecule has 0 radical (unpaired) electrons. The topological polar surface area (TPSA) is 141 Å². The molecule has 1 aromatic heterocycles. The number of sulfonamides is 1. The molecule has 1 aliphatic rings. The number of rotatable bonds is 10. The first-order chi connectivity index (χ1) is 20.7. The molecule has 0 saturated carbocycles. The van der Waals surface area contributed by atoms with Gasteiger partial charge < -0.3 is 25.4 Å². The Hall–Kier alpha value is -4.19. The number of aliphatic hydroxyl groups is 1. The Labute approximate surface area is 252 Å². The van der Waals surface area contributed by atoms with Crippen molar-refractivity contribution in [3.63, 3.8) is 0 Å². The standard InChI is InChI=1S/C31H36N4O4S.CH2O2/c1-3-24-21-35-14-15-40(38,39)34(2)28-18-25(17-26(24)30(28)35)31(37)33-27(16-22-10-6-4-7-11-22)29(36)20-32-19-23-12-8-5-9-13-23;2-1-3/h4-13,17-18,21,27,29,32,36H,3,14-16,19-20H2,1-2H3,(H,33,37);1H,(H,2,3)/t27-,29+;/m0./s1. The minimum atomic E-state index is -3.52. The summed E-state index contributed by atoms with van der Waals surface area (Å²) in [6.07, 6.45) is 2.34. The van der Waals surface area contributed by atoms with Crippen LogP contribution in [0.4, 0.5) is 5.69 Å². The van der Waals surface area contributed by atoms with E-state index in [1.54, 1.807) is 13.1 Å². The van der Waals surface area contributed by atoms with E-state index in [2.05, 4.69) is 10.6 Å². The van der Waals surface area contributed by atoms with E-state index in [0.717, 1.165) is 34.0 Å². The normalized spacial score (nSPS) is 15.1. The Kier molecular flexibility index (Phi) is 10.6. The van der Waals surface area contributed by atoms with Crippen molar-refractivity contribution in [2.75, 3.05) is 23.7 Å². The SMILES string of the molecule is CCc1cn2c3c(cc(C(=O)N[C@@H](Cc4ccccc4)[C@H](O)CNCc4ccccc4)cc13)N(C)S(=O)(=O)CC2.O=CO. The van der Waals surface area contributed by atoms with Gasteiger partial charge in [-0.1, -0.05) is 67.6 Å². The van der Waals surface area contributed by atoms with Crippen LogP contribution in [0.3, 0.4) is 0 Å². The van der Waals surface area contributed by atoms with Crippen molar-refractivity contribution in [3.05, 3.63) is 101 Å². The molecule has 0 saturated heterocycles. The van der Waals surface area contributed by atoms with Crippen LogP contribution in [0, 0.1) is 0 Å². The summed E-state index contributed by atoms with van der Waals surface area (Å²) in [5.74, 6) is -0.362. The largest absolute Gasteiger partial charge is 0.483 e. The van der Waals surface area contributed by atoms with E-state index in [1.807, 2.05) is 84.4 Å². The van der Waals surface area contributed by atoms with Crippen LogP contribution in [-0.4, -0.2) is 67.1 Å². The van der Waals surface area contributed by atoms with Crippen LogP contribution in [0.15, 0.2) is 79.0 Å². The number of aromatic nitrogens is 1. The van der Waals surface area contributed by atoms with Crippen molar-refractivity contribution in [2.45, 2.75) is 45.0 Å². The van der Waals surface area contributed by atoms with E-state index >= 15 is 0 Å². The number of carbonyl (C=O) groups is 2. The minimum absolute atomic E-state index is 0.00598. The predicted octanol–water partition coefficient (Wildman–Crippen LogP) is 3.18. The first kappa shape index (κ1) is 31.7. The monoisotopic (exact) mass is 606 g/mol. The van der Waals surface area contributed by atoms with Crippen LogP contribution in [-0.2, 0) is 40.7 Å². The first-order valence-corrected chi connectivity index (χ1v) is 15.8. The van der Waals surface area contributed by atoms with Gasteiger partial charge in [0.25, 0.3) is 12.4 Å². The fourth-order valence-corrected chi connectivity index (χ4v) is 6.46. The fraction of sp³-hybridized carbons (Fsp3) is 0.312. The average Bonchev–Trinajstić information content (AvgIpc) is 3.34. The van der Waals surface area contributed by atoms with Crippen molar-refractivity contribution in [3.8, 4) is 0 Å². The van der Waals surface area contributed by atoms with Crippen LogP contribution < -0.4 is 14.9 Å². The highest BCUT2D eigenvalue weighted by Crippen LogP contribution is 2.35. The molecule has 2 atom stereocenters. The van der Waals surface area contributed by atoms with Gasteiger partial charge >= 0.3 is 0 Å². The zero-order valence-electron chi connectivity index (χ0n) is 24.3. The lowest BCUT2D eigenvalue weighted by Gasteiger charge is -2.25. The van der Waals surface area contributed by atoms with E-state index in [1.165, 1.54) is 4.31 Å². The van der Waals surface area contributed by atoms with E-state index in [-0.39, 0.29) is 18.1 Å². The number of nitrogens with one attached hydrogen (secondary N) is 2. The molecular weight excluding hydrogens is 568 g/mol. The number of carbonyl (C=O) groups excluding carboxylic acids is 1. The molecule has 2 heterocycles. The number of aryl methyl sites for hydroxylation is 2. The molecule has 0 fully saturated rings. The summed E-state index contributed by atoms with van der Waals surface area (Å²) < 4.78 is 29.0. The number of hydrogen-bond donors (Lipinski definition) is 4. The van der Waals surface area contributed by atoms with Crippen molar-refractivity contribution in [1.82, 2.24) is 15.2 Å². The molecule has 1 amide bonds. The number of hydrogen-bond acceptors (Lipinski definition) is 6. The highest BCUT2D eigenvalue weighted by atomic mass is 32.2. The molecule has 10 nitrogen and oxygen atoms in total. The molecule has 0 aliphatic carbocycles. The average molecular weight is 607 g/mol. The van der Waals surface area contributed by atoms with Gasteiger partial charge in [-0.2, -0.15) is 0 Å². The molecule has 1 aliphatic heterocycles. The Bertz CT molecular complexity index is 1640. The van der Waals surface area contributed by atoms with Gasteiger partial charge in [0.05, 0.1) is 29.1 Å². The van der Waals surface area contributed by atoms with Crippen LogP contribution >= 0.6 is 0 Å². The van der Waals surface area contributed by atoms with Gasteiger partial charge in [0.1, 0.15) is 0 Å². The lowest BCUT2D eigenvalue weighted by atomic mass is 9.99. The number of nitrogens with zero attached hydrogens (tertiary/aromatic N) is 2. The highest BCUT2D eigenvalue weighted by Gasteiger charge is 2.29. The van der Waals surface area contributed by atoms with Crippen molar-refractivity contribution >= 4 is 39.0 Å². The quantitative estimate of drug-likeness (QED) is 0.203. The molecule has 0 unspecified atom stereocenters. The Morgan fingerprint density at radius 3 is 2.30 bits per heavy atom. The van der Waals surface area contributed by atoms with E-state index in [9.17, 15) is 18.3 Å². The molecule has 4 N–H and O–H groups in total. The van der Waals surface area contributed by atoms with Gasteiger partial charge in [0.2, 0.25) is 10.0 Å². The molecule has 43 heavy (non-hydrogen) atoms. The van der Waals surface area contributed by atoms with E-state index < -0.39 is 22.2 Å². The van der Waals surface area contributed by atoms with Gasteiger partial charge in [0.15, 0.2) is 0 Å². The summed E-state index contributed by atoms with van der Waals surface area (Å²) in [4.78, 5) is 22.1. The van der Waals surface area contributed by atoms with Crippen LogP contribution in [0.2, 0.25) is 0 Å². The summed E-state index contributed by atoms with van der Waals surface area (Å²) in [6, 6.07) is 22.6. The van der Waals surface area contributed by atoms with Crippen LogP contribution in [0.25, 0.3) is 10.9 Å². The molecular formula is C32H38N4O6S. The maximum atomic E-state index is 13.7. The Morgan fingerprint density at radius 1 is 1.05 bits per heavy atom. The summed E-state index contributed by atoms with van der Waals surface area (Å²) in [7, 11) is -1.98. The lowest BCUT2D eigenvalue weighted by molar-refractivity contribution is -0.122. The number of carboxylic acid groups (broad SMARTS) is 1. The maximum Gasteiger partial charge on any atom is 0.290 e. The third-order valence-corrected chi connectivity index (χ3v) is 9.36. The highest BCUT2D eigenvalue weighted by molar-refractivity contribution is 7.92. The zero-order chi connectivity index (χ0) is 31.0. The molecule has 3 aromatic carbocycles. The van der Waals surface area contributed by atoms with Gasteiger partial charge in [-0.05, 0) is 41.7 Å². The number of aliphatic hydroxyl groups excluding tert-OH is 1. The second-order valence-electron chi connectivity index (χ2n) is 10.4. The first-order valence-electron chi connectivity index (χ1n) is 14.2. The van der Waals surface area contributed by atoms with Crippen molar-refractivity contribution in [2.24, 2.45) is 0 Å². The second-order valence-corrected chi connectivity index (χ2v) is 12.6.